The van der Waals surface area contributed by atoms with Crippen LogP contribution in [0.4, 0.5) is 8.78 Å². The van der Waals surface area contributed by atoms with Crippen molar-refractivity contribution >= 4 is 5.57 Å². The SMILES string of the molecule is CCCCCCC=CCC1CCC(C2CC=C(c3ccc(OC)c(F)c3F)CC2)CC1. The molecule has 3 heteroatoms. The lowest BCUT2D eigenvalue weighted by Gasteiger charge is -2.35. The number of methoxy groups -OCH3 is 1. The van der Waals surface area contributed by atoms with Crippen molar-refractivity contribution < 1.29 is 13.5 Å². The molecule has 3 rings (SSSR count). The van der Waals surface area contributed by atoms with Crippen LogP contribution in [0.3, 0.4) is 0 Å². The van der Waals surface area contributed by atoms with Crippen molar-refractivity contribution in [2.24, 2.45) is 17.8 Å². The Morgan fingerprint density at radius 3 is 2.42 bits per heavy atom. The standard InChI is InChI=1S/C28H40F2O/c1-3-4-5-6-7-8-9-10-21-11-13-22(14-12-21)23-15-17-24(18-16-23)25-19-20-26(31-2)28(30)27(25)29/h8-9,17,19-23H,3-7,10-16,18H2,1-2H3. The molecule has 2 aliphatic rings. The highest BCUT2D eigenvalue weighted by Crippen LogP contribution is 2.42. The Kier molecular flexibility index (Phi) is 9.61. The Morgan fingerprint density at radius 1 is 0.935 bits per heavy atom. The Labute approximate surface area is 188 Å². The third kappa shape index (κ3) is 6.67. The highest BCUT2D eigenvalue weighted by molar-refractivity contribution is 5.67. The molecule has 1 fully saturated rings. The molecule has 0 saturated heterocycles. The minimum Gasteiger partial charge on any atom is -0.494 e. The van der Waals surface area contributed by atoms with Crippen LogP contribution in [-0.2, 0) is 0 Å². The van der Waals surface area contributed by atoms with Crippen LogP contribution in [0.5, 0.6) is 5.75 Å². The molecular weight excluding hydrogens is 390 g/mol. The Balaban J connectivity index is 1.42. The molecule has 1 atom stereocenters. The molecule has 172 valence electrons. The van der Waals surface area contributed by atoms with E-state index < -0.39 is 11.6 Å². The van der Waals surface area contributed by atoms with Crippen molar-refractivity contribution in [3.05, 3.63) is 47.6 Å². The van der Waals surface area contributed by atoms with E-state index in [4.69, 9.17) is 4.74 Å². The van der Waals surface area contributed by atoms with Crippen LogP contribution in [0.2, 0.25) is 0 Å². The van der Waals surface area contributed by atoms with Crippen LogP contribution in [0.15, 0.2) is 30.4 Å². The third-order valence-corrected chi connectivity index (χ3v) is 7.48. The van der Waals surface area contributed by atoms with Gasteiger partial charge in [0.25, 0.3) is 0 Å². The largest absolute Gasteiger partial charge is 0.494 e. The molecule has 0 spiro atoms. The second-order valence-corrected chi connectivity index (χ2v) is 9.54. The van der Waals surface area contributed by atoms with Crippen molar-refractivity contribution in [2.45, 2.75) is 90.4 Å². The maximum Gasteiger partial charge on any atom is 0.201 e. The van der Waals surface area contributed by atoms with Crippen molar-refractivity contribution in [1.29, 1.82) is 0 Å². The Morgan fingerprint density at radius 2 is 1.74 bits per heavy atom. The first-order chi connectivity index (χ1) is 15.1. The van der Waals surface area contributed by atoms with E-state index in [1.807, 2.05) is 0 Å². The van der Waals surface area contributed by atoms with Crippen LogP contribution in [0, 0.1) is 29.4 Å². The van der Waals surface area contributed by atoms with E-state index >= 15 is 0 Å². The summed E-state index contributed by atoms with van der Waals surface area (Å²) in [5, 5.41) is 0. The quantitative estimate of drug-likeness (QED) is 0.266. The minimum absolute atomic E-state index is 0.0290. The van der Waals surface area contributed by atoms with Gasteiger partial charge >= 0.3 is 0 Å². The van der Waals surface area contributed by atoms with Crippen molar-refractivity contribution in [3.8, 4) is 5.75 Å². The van der Waals surface area contributed by atoms with Crippen LogP contribution in [0.1, 0.15) is 96.0 Å². The number of unbranched alkanes of at least 4 members (excludes halogenated alkanes) is 4. The summed E-state index contributed by atoms with van der Waals surface area (Å²) in [6.07, 6.45) is 23.1. The molecule has 1 nitrogen and oxygen atoms in total. The lowest BCUT2D eigenvalue weighted by atomic mass is 9.70. The summed E-state index contributed by atoms with van der Waals surface area (Å²) < 4.78 is 33.4. The van der Waals surface area contributed by atoms with Gasteiger partial charge in [-0.15, -0.1) is 0 Å². The van der Waals surface area contributed by atoms with Gasteiger partial charge in [0.1, 0.15) is 0 Å². The molecule has 2 aliphatic carbocycles. The number of hydrogen-bond donors (Lipinski definition) is 0. The number of hydrogen-bond acceptors (Lipinski definition) is 1. The lowest BCUT2D eigenvalue weighted by Crippen LogP contribution is -2.23. The zero-order chi connectivity index (χ0) is 22.1. The summed E-state index contributed by atoms with van der Waals surface area (Å²) in [5.74, 6) is 0.668. The van der Waals surface area contributed by atoms with Crippen LogP contribution in [0.25, 0.3) is 5.57 Å². The normalized spacial score (nSPS) is 24.4. The average molecular weight is 431 g/mol. The van der Waals surface area contributed by atoms with Gasteiger partial charge in [-0.3, -0.25) is 0 Å². The van der Waals surface area contributed by atoms with Gasteiger partial charge in [-0.2, -0.15) is 4.39 Å². The lowest BCUT2D eigenvalue weighted by molar-refractivity contribution is 0.195. The molecule has 0 bridgehead atoms. The van der Waals surface area contributed by atoms with Gasteiger partial charge in [0.15, 0.2) is 11.6 Å². The molecule has 1 aromatic rings. The molecule has 1 aromatic carbocycles. The molecule has 1 unspecified atom stereocenters. The molecule has 0 N–H and O–H groups in total. The Bertz CT molecular complexity index is 744. The van der Waals surface area contributed by atoms with E-state index in [1.54, 1.807) is 6.07 Å². The van der Waals surface area contributed by atoms with Gasteiger partial charge < -0.3 is 4.74 Å². The van der Waals surface area contributed by atoms with Crippen LogP contribution < -0.4 is 4.74 Å². The summed E-state index contributed by atoms with van der Waals surface area (Å²) >= 11 is 0. The monoisotopic (exact) mass is 430 g/mol. The molecule has 0 heterocycles. The summed E-state index contributed by atoms with van der Waals surface area (Å²) in [6.45, 7) is 2.26. The molecular formula is C28H40F2O. The second-order valence-electron chi connectivity index (χ2n) is 9.54. The number of allylic oxidation sites excluding steroid dienone is 4. The van der Waals surface area contributed by atoms with Crippen LogP contribution in [-0.4, -0.2) is 7.11 Å². The predicted molar refractivity (Wildman–Crippen MR) is 126 cm³/mol. The van der Waals surface area contributed by atoms with E-state index in [0.29, 0.717) is 11.5 Å². The minimum atomic E-state index is -0.878. The summed E-state index contributed by atoms with van der Waals surface area (Å²) in [5.41, 5.74) is 1.36. The van der Waals surface area contributed by atoms with E-state index in [9.17, 15) is 8.78 Å². The van der Waals surface area contributed by atoms with Crippen molar-refractivity contribution in [1.82, 2.24) is 0 Å². The molecule has 0 aliphatic heterocycles. The first kappa shape index (κ1) is 24.0. The van der Waals surface area contributed by atoms with Gasteiger partial charge in [0.2, 0.25) is 5.82 Å². The van der Waals surface area contributed by atoms with Crippen molar-refractivity contribution in [3.63, 3.8) is 0 Å². The summed E-state index contributed by atoms with van der Waals surface area (Å²) in [4.78, 5) is 0. The summed E-state index contributed by atoms with van der Waals surface area (Å²) in [6, 6.07) is 3.19. The molecule has 0 aromatic heterocycles. The van der Waals surface area contributed by atoms with Gasteiger partial charge in [-0.1, -0.05) is 44.4 Å². The van der Waals surface area contributed by atoms with Crippen LogP contribution >= 0.6 is 0 Å². The fraction of sp³-hybridized carbons (Fsp3) is 0.643. The zero-order valence-corrected chi connectivity index (χ0v) is 19.5. The molecule has 0 amide bonds. The predicted octanol–water partition coefficient (Wildman–Crippen LogP) is 8.88. The number of halogens is 2. The fourth-order valence-electron chi connectivity index (χ4n) is 5.46. The first-order valence-corrected chi connectivity index (χ1v) is 12.5. The maximum absolute atomic E-state index is 14.4. The fourth-order valence-corrected chi connectivity index (χ4v) is 5.46. The van der Waals surface area contributed by atoms with E-state index in [0.717, 1.165) is 36.7 Å². The van der Waals surface area contributed by atoms with E-state index in [1.165, 1.54) is 77.4 Å². The van der Waals surface area contributed by atoms with Crippen molar-refractivity contribution in [2.75, 3.05) is 7.11 Å². The van der Waals surface area contributed by atoms with E-state index in [-0.39, 0.29) is 5.75 Å². The smallest absolute Gasteiger partial charge is 0.201 e. The van der Waals surface area contributed by atoms with E-state index in [2.05, 4.69) is 25.2 Å². The topological polar surface area (TPSA) is 9.23 Å². The first-order valence-electron chi connectivity index (χ1n) is 12.5. The highest BCUT2D eigenvalue weighted by atomic mass is 19.2. The molecule has 1 saturated carbocycles. The number of benzene rings is 1. The average Bonchev–Trinajstić information content (AvgIpc) is 2.81. The highest BCUT2D eigenvalue weighted by Gasteiger charge is 2.29. The zero-order valence-electron chi connectivity index (χ0n) is 19.5. The number of rotatable bonds is 10. The number of ether oxygens (including phenoxy) is 1. The molecule has 0 radical (unpaired) electrons. The van der Waals surface area contributed by atoms with Gasteiger partial charge in [-0.25, -0.2) is 4.39 Å². The molecule has 31 heavy (non-hydrogen) atoms. The van der Waals surface area contributed by atoms with Gasteiger partial charge in [0.05, 0.1) is 7.11 Å². The Hall–Kier alpha value is -1.64. The second kappa shape index (κ2) is 12.4. The maximum atomic E-state index is 14.4. The van der Waals surface area contributed by atoms with Gasteiger partial charge in [-0.05, 0) is 99.7 Å². The van der Waals surface area contributed by atoms with Gasteiger partial charge in [0, 0.05) is 5.56 Å². The summed E-state index contributed by atoms with van der Waals surface area (Å²) in [7, 11) is 1.36. The third-order valence-electron chi connectivity index (χ3n) is 7.48.